The number of pyridine rings is 1. The summed E-state index contributed by atoms with van der Waals surface area (Å²) in [6.45, 7) is 0.823. The third-order valence-electron chi connectivity index (χ3n) is 6.05. The molecular formula is C23H26F3N5O4S. The Hall–Kier alpha value is -3.32. The van der Waals surface area contributed by atoms with Crippen molar-refractivity contribution in [1.29, 1.82) is 0 Å². The molecule has 1 fully saturated rings. The number of anilines is 1. The van der Waals surface area contributed by atoms with Gasteiger partial charge in [0.05, 0.1) is 17.9 Å². The Bertz CT molecular complexity index is 1370. The SMILES string of the molecule is CCN(C)S(=O)(=O)NC(=O)c1cnc2ccc(N3C[C@@H](F)C[C@@H]3c3cc(F)ccc3OCCF)cn12. The summed E-state index contributed by atoms with van der Waals surface area (Å²) < 4.78 is 75.9. The lowest BCUT2D eigenvalue weighted by Crippen LogP contribution is -2.41. The van der Waals surface area contributed by atoms with Crippen molar-refractivity contribution < 1.29 is 31.1 Å². The minimum absolute atomic E-state index is 0.0128. The Balaban J connectivity index is 1.70. The van der Waals surface area contributed by atoms with Crippen molar-refractivity contribution in [2.75, 3.05) is 38.3 Å². The summed E-state index contributed by atoms with van der Waals surface area (Å²) in [7, 11) is -2.71. The van der Waals surface area contributed by atoms with Gasteiger partial charge >= 0.3 is 10.2 Å². The standard InChI is InChI=1S/C23H26F3N5O4S/c1-3-29(2)36(33,34)28-23(32)20-12-27-22-7-5-17(14-31(20)22)30-13-16(26)11-19(30)18-10-15(25)4-6-21(18)35-9-8-24/h4-7,10,12,14,16,19H,3,8-9,11,13H2,1-2H3,(H,28,32)/t16-,19+/m0/s1. The first-order valence-corrected chi connectivity index (χ1v) is 12.7. The van der Waals surface area contributed by atoms with E-state index in [-0.39, 0.29) is 37.6 Å². The number of alkyl halides is 2. The van der Waals surface area contributed by atoms with Crippen molar-refractivity contribution in [3.05, 3.63) is 59.8 Å². The molecule has 2 aromatic heterocycles. The molecule has 2 atom stereocenters. The van der Waals surface area contributed by atoms with E-state index in [9.17, 15) is 26.4 Å². The Kier molecular flexibility index (Phi) is 7.41. The maximum Gasteiger partial charge on any atom is 0.303 e. The fourth-order valence-electron chi connectivity index (χ4n) is 4.15. The number of rotatable bonds is 9. The second-order valence-corrected chi connectivity index (χ2v) is 10.1. The normalized spacial score (nSPS) is 18.2. The molecule has 1 aliphatic rings. The molecule has 36 heavy (non-hydrogen) atoms. The summed E-state index contributed by atoms with van der Waals surface area (Å²) in [6, 6.07) is 6.48. The minimum atomic E-state index is -4.04. The van der Waals surface area contributed by atoms with Crippen LogP contribution in [0.25, 0.3) is 5.65 Å². The molecule has 1 amide bonds. The van der Waals surface area contributed by atoms with E-state index in [0.717, 1.165) is 4.31 Å². The number of aromatic nitrogens is 2. The number of hydrogen-bond donors (Lipinski definition) is 1. The maximum atomic E-state index is 14.6. The number of carbonyl (C=O) groups is 1. The van der Waals surface area contributed by atoms with Gasteiger partial charge in [0.2, 0.25) is 0 Å². The minimum Gasteiger partial charge on any atom is -0.490 e. The molecule has 1 aromatic carbocycles. The summed E-state index contributed by atoms with van der Waals surface area (Å²) in [5.41, 5.74) is 1.20. The number of nitrogens with one attached hydrogen (secondary N) is 1. The number of fused-ring (bicyclic) bond motifs is 1. The third kappa shape index (κ3) is 5.12. The number of benzene rings is 1. The number of carbonyl (C=O) groups excluding carboxylic acids is 1. The summed E-state index contributed by atoms with van der Waals surface area (Å²) in [4.78, 5) is 18.6. The lowest BCUT2D eigenvalue weighted by atomic mass is 10.0. The lowest BCUT2D eigenvalue weighted by Gasteiger charge is -2.28. The van der Waals surface area contributed by atoms with Crippen LogP contribution in [-0.2, 0) is 10.2 Å². The highest BCUT2D eigenvalue weighted by molar-refractivity contribution is 7.87. The summed E-state index contributed by atoms with van der Waals surface area (Å²) >= 11 is 0. The first-order chi connectivity index (χ1) is 17.1. The number of ether oxygens (including phenoxy) is 1. The maximum absolute atomic E-state index is 14.6. The summed E-state index contributed by atoms with van der Waals surface area (Å²) in [6.07, 6.45) is 1.60. The highest BCUT2D eigenvalue weighted by Crippen LogP contribution is 2.41. The number of halogens is 3. The molecule has 4 rings (SSSR count). The zero-order chi connectivity index (χ0) is 26.0. The average molecular weight is 526 g/mol. The van der Waals surface area contributed by atoms with Gasteiger partial charge in [-0.1, -0.05) is 6.92 Å². The molecule has 194 valence electrons. The first-order valence-electron chi connectivity index (χ1n) is 11.3. The Morgan fingerprint density at radius 1 is 1.31 bits per heavy atom. The number of imidazole rings is 1. The van der Waals surface area contributed by atoms with Crippen LogP contribution >= 0.6 is 0 Å². The van der Waals surface area contributed by atoms with Crippen LogP contribution in [0.2, 0.25) is 0 Å². The van der Waals surface area contributed by atoms with Crippen molar-refractivity contribution >= 4 is 27.5 Å². The van der Waals surface area contributed by atoms with Crippen LogP contribution in [0, 0.1) is 5.82 Å². The predicted octanol–water partition coefficient (Wildman–Crippen LogP) is 3.04. The fraction of sp³-hybridized carbons (Fsp3) is 0.391. The van der Waals surface area contributed by atoms with Gasteiger partial charge in [0, 0.05) is 38.3 Å². The van der Waals surface area contributed by atoms with E-state index in [1.807, 2.05) is 4.72 Å². The van der Waals surface area contributed by atoms with Crippen LogP contribution in [0.15, 0.2) is 42.7 Å². The lowest BCUT2D eigenvalue weighted by molar-refractivity contribution is 0.0974. The molecule has 0 radical (unpaired) electrons. The van der Waals surface area contributed by atoms with Crippen molar-refractivity contribution in [2.45, 2.75) is 25.6 Å². The molecule has 13 heteroatoms. The molecule has 3 aromatic rings. The van der Waals surface area contributed by atoms with Crippen LogP contribution in [0.5, 0.6) is 5.75 Å². The van der Waals surface area contributed by atoms with E-state index in [0.29, 0.717) is 16.9 Å². The van der Waals surface area contributed by atoms with Gasteiger partial charge in [0.15, 0.2) is 0 Å². The number of amides is 1. The molecule has 0 aliphatic carbocycles. The van der Waals surface area contributed by atoms with Gasteiger partial charge in [-0.25, -0.2) is 22.9 Å². The van der Waals surface area contributed by atoms with Gasteiger partial charge in [-0.3, -0.25) is 9.20 Å². The van der Waals surface area contributed by atoms with Gasteiger partial charge in [0.25, 0.3) is 5.91 Å². The van der Waals surface area contributed by atoms with Crippen molar-refractivity contribution in [1.82, 2.24) is 18.4 Å². The summed E-state index contributed by atoms with van der Waals surface area (Å²) in [5.74, 6) is -1.16. The van der Waals surface area contributed by atoms with E-state index in [1.54, 1.807) is 30.2 Å². The molecule has 1 saturated heterocycles. The summed E-state index contributed by atoms with van der Waals surface area (Å²) in [5, 5.41) is 0. The van der Waals surface area contributed by atoms with Gasteiger partial charge in [-0.15, -0.1) is 0 Å². The Morgan fingerprint density at radius 2 is 2.08 bits per heavy atom. The van der Waals surface area contributed by atoms with Crippen LogP contribution in [0.3, 0.4) is 0 Å². The molecule has 1 aliphatic heterocycles. The van der Waals surface area contributed by atoms with E-state index in [1.165, 1.54) is 35.8 Å². The van der Waals surface area contributed by atoms with Crippen molar-refractivity contribution in [2.24, 2.45) is 0 Å². The molecule has 0 unspecified atom stereocenters. The van der Waals surface area contributed by atoms with Gasteiger partial charge in [0.1, 0.15) is 42.4 Å². The van der Waals surface area contributed by atoms with Gasteiger partial charge < -0.3 is 9.64 Å². The highest BCUT2D eigenvalue weighted by Gasteiger charge is 2.36. The predicted molar refractivity (Wildman–Crippen MR) is 127 cm³/mol. The van der Waals surface area contributed by atoms with Crippen LogP contribution < -0.4 is 14.4 Å². The van der Waals surface area contributed by atoms with Crippen molar-refractivity contribution in [3.8, 4) is 5.75 Å². The van der Waals surface area contributed by atoms with Gasteiger partial charge in [-0.2, -0.15) is 12.7 Å². The van der Waals surface area contributed by atoms with E-state index in [2.05, 4.69) is 4.98 Å². The van der Waals surface area contributed by atoms with Crippen LogP contribution in [-0.4, -0.2) is 67.6 Å². The Morgan fingerprint density at radius 3 is 2.81 bits per heavy atom. The van der Waals surface area contributed by atoms with Crippen LogP contribution in [0.4, 0.5) is 18.9 Å². The fourth-order valence-corrected chi connectivity index (χ4v) is 4.98. The topological polar surface area (TPSA) is 96.2 Å². The van der Waals surface area contributed by atoms with E-state index in [4.69, 9.17) is 4.74 Å². The second-order valence-electron chi connectivity index (χ2n) is 8.33. The quantitative estimate of drug-likeness (QED) is 0.462. The molecule has 0 bridgehead atoms. The molecule has 1 N–H and O–H groups in total. The molecule has 9 nitrogen and oxygen atoms in total. The third-order valence-corrected chi connectivity index (χ3v) is 7.57. The second kappa shape index (κ2) is 10.3. The molecule has 3 heterocycles. The number of hydrogen-bond acceptors (Lipinski definition) is 6. The van der Waals surface area contributed by atoms with Crippen molar-refractivity contribution in [3.63, 3.8) is 0 Å². The number of nitrogens with zero attached hydrogens (tertiary/aromatic N) is 4. The zero-order valence-corrected chi connectivity index (χ0v) is 20.5. The van der Waals surface area contributed by atoms with Gasteiger partial charge in [-0.05, 0) is 30.3 Å². The first kappa shape index (κ1) is 25.8. The van der Waals surface area contributed by atoms with Crippen LogP contribution in [0.1, 0.15) is 35.4 Å². The Labute approximate surface area is 206 Å². The van der Waals surface area contributed by atoms with E-state index < -0.39 is 40.8 Å². The van der Waals surface area contributed by atoms with E-state index >= 15 is 0 Å². The smallest absolute Gasteiger partial charge is 0.303 e. The largest absolute Gasteiger partial charge is 0.490 e. The molecule has 0 saturated carbocycles. The zero-order valence-electron chi connectivity index (χ0n) is 19.7. The average Bonchev–Trinajstić information content (AvgIpc) is 3.45. The highest BCUT2D eigenvalue weighted by atomic mass is 32.2. The monoisotopic (exact) mass is 525 g/mol. The molecular weight excluding hydrogens is 499 g/mol. The molecule has 0 spiro atoms.